The maximum atomic E-state index is 6.06. The average Bonchev–Trinajstić information content (AvgIpc) is 2.70. The normalized spacial score (nSPS) is 11.7. The number of hydrogen-bond acceptors (Lipinski definition) is 4. The Morgan fingerprint density at radius 2 is 1.69 bits per heavy atom. The van der Waals surface area contributed by atoms with Crippen LogP contribution in [-0.2, 0) is 11.3 Å². The van der Waals surface area contributed by atoms with E-state index in [0.717, 1.165) is 59.8 Å². The van der Waals surface area contributed by atoms with E-state index in [0.29, 0.717) is 6.61 Å². The van der Waals surface area contributed by atoms with Gasteiger partial charge in [-0.1, -0.05) is 41.6 Å². The van der Waals surface area contributed by atoms with Crippen LogP contribution in [0.15, 0.2) is 53.7 Å². The van der Waals surface area contributed by atoms with Gasteiger partial charge in [0, 0.05) is 0 Å². The smallest absolute Gasteiger partial charge is 0.125 e. The first-order chi connectivity index (χ1) is 14.0. The summed E-state index contributed by atoms with van der Waals surface area (Å²) in [5.74, 6) is 1.86. The second-order valence-corrected chi connectivity index (χ2v) is 7.13. The standard InChI is InChI=1S/C25H33NO3/c1-6-7-15-28-24-17-19(2)25(20(3)18-24)29-16-9-8-10-22-11-13-23(14-12-22)21(4)26-27-5/h6-7,11-14,17-18H,8-10,15-16H2,1-5H3/b7-6+,26-21?. The molecule has 0 radical (unpaired) electrons. The van der Waals surface area contributed by atoms with E-state index in [-0.39, 0.29) is 0 Å². The first kappa shape index (κ1) is 22.5. The van der Waals surface area contributed by atoms with E-state index in [1.807, 2.05) is 38.1 Å². The van der Waals surface area contributed by atoms with Crippen LogP contribution in [0.3, 0.4) is 0 Å². The molecule has 0 aliphatic carbocycles. The summed E-state index contributed by atoms with van der Waals surface area (Å²) < 4.78 is 11.8. The molecular weight excluding hydrogens is 362 g/mol. The van der Waals surface area contributed by atoms with Gasteiger partial charge in [-0.2, -0.15) is 0 Å². The predicted molar refractivity (Wildman–Crippen MR) is 120 cm³/mol. The molecule has 0 heterocycles. The zero-order valence-corrected chi connectivity index (χ0v) is 18.3. The van der Waals surface area contributed by atoms with E-state index < -0.39 is 0 Å². The third kappa shape index (κ3) is 7.30. The molecule has 2 aromatic rings. The highest BCUT2D eigenvalue weighted by Crippen LogP contribution is 2.28. The Kier molecular flexibility index (Phi) is 9.29. The molecule has 0 amide bonds. The minimum atomic E-state index is 0.593. The van der Waals surface area contributed by atoms with Gasteiger partial charge in [-0.15, -0.1) is 0 Å². The van der Waals surface area contributed by atoms with Gasteiger partial charge in [0.2, 0.25) is 0 Å². The van der Waals surface area contributed by atoms with E-state index in [1.165, 1.54) is 5.56 Å². The van der Waals surface area contributed by atoms with Crippen LogP contribution >= 0.6 is 0 Å². The van der Waals surface area contributed by atoms with Crippen LogP contribution in [0.1, 0.15) is 48.9 Å². The van der Waals surface area contributed by atoms with Crippen molar-refractivity contribution in [2.24, 2.45) is 5.16 Å². The predicted octanol–water partition coefficient (Wildman–Crippen LogP) is 6.03. The van der Waals surface area contributed by atoms with Gasteiger partial charge < -0.3 is 14.3 Å². The molecule has 2 aromatic carbocycles. The van der Waals surface area contributed by atoms with Crippen molar-refractivity contribution in [3.8, 4) is 11.5 Å². The lowest BCUT2D eigenvalue weighted by molar-refractivity contribution is 0.213. The van der Waals surface area contributed by atoms with Crippen molar-refractivity contribution < 1.29 is 14.3 Å². The number of rotatable bonds is 11. The van der Waals surface area contributed by atoms with Crippen LogP contribution in [-0.4, -0.2) is 26.0 Å². The summed E-state index contributed by atoms with van der Waals surface area (Å²) in [6.07, 6.45) is 7.14. The fourth-order valence-electron chi connectivity index (χ4n) is 3.17. The molecule has 0 aromatic heterocycles. The Labute approximate surface area is 175 Å². The summed E-state index contributed by atoms with van der Waals surface area (Å²) in [7, 11) is 1.57. The largest absolute Gasteiger partial charge is 0.493 e. The van der Waals surface area contributed by atoms with E-state index in [1.54, 1.807) is 7.11 Å². The quantitative estimate of drug-likeness (QED) is 0.202. The van der Waals surface area contributed by atoms with Crippen LogP contribution in [0.25, 0.3) is 0 Å². The average molecular weight is 396 g/mol. The van der Waals surface area contributed by atoms with Crippen molar-refractivity contribution in [2.75, 3.05) is 20.3 Å². The van der Waals surface area contributed by atoms with Crippen molar-refractivity contribution in [2.45, 2.75) is 47.0 Å². The third-order valence-corrected chi connectivity index (χ3v) is 4.72. The van der Waals surface area contributed by atoms with Crippen molar-refractivity contribution in [1.29, 1.82) is 0 Å². The van der Waals surface area contributed by atoms with E-state index in [9.17, 15) is 0 Å². The topological polar surface area (TPSA) is 40.0 Å². The van der Waals surface area contributed by atoms with Gasteiger partial charge in [-0.25, -0.2) is 0 Å². The van der Waals surface area contributed by atoms with Gasteiger partial charge >= 0.3 is 0 Å². The molecular formula is C25H33NO3. The summed E-state index contributed by atoms with van der Waals surface area (Å²) >= 11 is 0. The monoisotopic (exact) mass is 395 g/mol. The highest BCUT2D eigenvalue weighted by atomic mass is 16.6. The summed E-state index contributed by atoms with van der Waals surface area (Å²) in [6.45, 7) is 9.39. The van der Waals surface area contributed by atoms with E-state index in [2.05, 4.69) is 43.3 Å². The number of oxime groups is 1. The number of benzene rings is 2. The SMILES string of the molecule is C/C=C/COc1cc(C)c(OCCCCc2ccc(C(C)=NOC)cc2)c(C)c1. The number of aryl methyl sites for hydroxylation is 3. The molecule has 0 aliphatic rings. The lowest BCUT2D eigenvalue weighted by atomic mass is 10.0. The first-order valence-electron chi connectivity index (χ1n) is 10.2. The lowest BCUT2D eigenvalue weighted by Gasteiger charge is -2.14. The Bertz CT molecular complexity index is 799. The molecule has 4 heteroatoms. The van der Waals surface area contributed by atoms with Crippen LogP contribution in [0.5, 0.6) is 11.5 Å². The zero-order chi connectivity index (χ0) is 21.1. The second-order valence-electron chi connectivity index (χ2n) is 7.13. The molecule has 0 fully saturated rings. The highest BCUT2D eigenvalue weighted by molar-refractivity contribution is 5.98. The molecule has 0 spiro atoms. The molecule has 2 rings (SSSR count). The van der Waals surface area contributed by atoms with Crippen molar-refractivity contribution in [1.82, 2.24) is 0 Å². The number of hydrogen-bond donors (Lipinski definition) is 0. The second kappa shape index (κ2) is 11.9. The molecule has 0 atom stereocenters. The Morgan fingerprint density at radius 1 is 1.00 bits per heavy atom. The zero-order valence-electron chi connectivity index (χ0n) is 18.3. The van der Waals surface area contributed by atoms with E-state index >= 15 is 0 Å². The molecule has 0 saturated heterocycles. The third-order valence-electron chi connectivity index (χ3n) is 4.72. The van der Waals surface area contributed by atoms with Gasteiger partial charge in [0.05, 0.1) is 12.3 Å². The number of allylic oxidation sites excluding steroid dienone is 1. The minimum absolute atomic E-state index is 0.593. The Hall–Kier alpha value is -2.75. The first-order valence-corrected chi connectivity index (χ1v) is 10.2. The summed E-state index contributed by atoms with van der Waals surface area (Å²) in [6, 6.07) is 12.6. The van der Waals surface area contributed by atoms with Crippen LogP contribution < -0.4 is 9.47 Å². The molecule has 0 bridgehead atoms. The molecule has 0 N–H and O–H groups in total. The Balaban J connectivity index is 1.78. The van der Waals surface area contributed by atoms with Gasteiger partial charge in [-0.3, -0.25) is 0 Å². The summed E-state index contributed by atoms with van der Waals surface area (Å²) in [5, 5.41) is 3.97. The van der Waals surface area contributed by atoms with Crippen molar-refractivity contribution >= 4 is 5.71 Å². The Morgan fingerprint density at radius 3 is 2.31 bits per heavy atom. The molecule has 29 heavy (non-hydrogen) atoms. The van der Waals surface area contributed by atoms with Crippen LogP contribution in [0.4, 0.5) is 0 Å². The minimum Gasteiger partial charge on any atom is -0.493 e. The molecule has 0 aliphatic heterocycles. The molecule has 0 saturated carbocycles. The van der Waals surface area contributed by atoms with Crippen molar-refractivity contribution in [3.05, 3.63) is 70.8 Å². The molecule has 156 valence electrons. The summed E-state index contributed by atoms with van der Waals surface area (Å²) in [4.78, 5) is 4.83. The molecule has 4 nitrogen and oxygen atoms in total. The highest BCUT2D eigenvalue weighted by Gasteiger charge is 2.07. The van der Waals surface area contributed by atoms with E-state index in [4.69, 9.17) is 14.3 Å². The maximum absolute atomic E-state index is 6.06. The van der Waals surface area contributed by atoms with Gasteiger partial charge in [0.1, 0.15) is 25.2 Å². The number of unbranched alkanes of at least 4 members (excludes halogenated alkanes) is 1. The molecule has 0 unspecified atom stereocenters. The maximum Gasteiger partial charge on any atom is 0.125 e. The number of nitrogens with zero attached hydrogens (tertiary/aromatic N) is 1. The van der Waals surface area contributed by atoms with Crippen LogP contribution in [0, 0.1) is 13.8 Å². The van der Waals surface area contributed by atoms with Crippen molar-refractivity contribution in [3.63, 3.8) is 0 Å². The van der Waals surface area contributed by atoms with Gasteiger partial charge in [-0.05, 0) is 81.3 Å². The fraction of sp³-hybridized carbons (Fsp3) is 0.400. The lowest BCUT2D eigenvalue weighted by Crippen LogP contribution is -2.03. The number of ether oxygens (including phenoxy) is 2. The van der Waals surface area contributed by atoms with Gasteiger partial charge in [0.25, 0.3) is 0 Å². The van der Waals surface area contributed by atoms with Gasteiger partial charge in [0.15, 0.2) is 0 Å². The fourth-order valence-corrected chi connectivity index (χ4v) is 3.17. The summed E-state index contributed by atoms with van der Waals surface area (Å²) in [5.41, 5.74) is 5.53. The van der Waals surface area contributed by atoms with Crippen LogP contribution in [0.2, 0.25) is 0 Å².